The molecule has 0 saturated heterocycles. The van der Waals surface area contributed by atoms with Gasteiger partial charge in [0, 0.05) is 97.0 Å². The van der Waals surface area contributed by atoms with Gasteiger partial charge in [-0.1, -0.05) is 125 Å². The zero-order valence-electron chi connectivity index (χ0n) is 72.8. The van der Waals surface area contributed by atoms with Gasteiger partial charge >= 0.3 is 207 Å². The van der Waals surface area contributed by atoms with Gasteiger partial charge in [-0.25, -0.2) is 69.2 Å². The number of nitrogen functional groups attached to an aromatic ring is 4. The summed E-state index contributed by atoms with van der Waals surface area (Å²) in [6, 6.07) is 27.3. The minimum atomic E-state index is -4.86. The van der Waals surface area contributed by atoms with Crippen LogP contribution in [-0.4, -0.2) is 195 Å². The maximum absolute atomic E-state index is 11.6. The van der Waals surface area contributed by atoms with Crippen LogP contribution >= 0.6 is 93.5 Å². The molecule has 0 amide bonds. The quantitative estimate of drug-likeness (QED) is 0.00425. The predicted octanol–water partition coefficient (Wildman–Crippen LogP) is -11.2. The molecule has 0 aliphatic carbocycles. The van der Waals surface area contributed by atoms with Crippen molar-refractivity contribution in [1.29, 1.82) is 0 Å². The molecular formula is C63H67N28Na7O21S14. The van der Waals surface area contributed by atoms with Gasteiger partial charge < -0.3 is 55.5 Å². The van der Waals surface area contributed by atoms with E-state index in [1.54, 1.807) is 11.6 Å². The van der Waals surface area contributed by atoms with Crippen molar-refractivity contribution < 1.29 is 299 Å². The summed E-state index contributed by atoms with van der Waals surface area (Å²) in [7, 11) is -26.6. The fraction of sp³-hybridized carbons (Fsp3) is 0.302. The normalized spacial score (nSPS) is 12.0. The third kappa shape index (κ3) is 40.9. The van der Waals surface area contributed by atoms with Crippen LogP contribution in [0.25, 0.3) is 28.5 Å². The Morgan fingerprint density at radius 2 is 0.857 bits per heavy atom. The van der Waals surface area contributed by atoms with Gasteiger partial charge in [-0.3, -0.25) is 5.04 Å². The van der Waals surface area contributed by atoms with Gasteiger partial charge in [0.2, 0.25) is 36.0 Å². The van der Waals surface area contributed by atoms with Crippen molar-refractivity contribution >= 4 is 221 Å². The standard InChI is InChI=1S/C17H21N7O9S5.C17H21N7O3S3.C15H17N7O6S4.C14H15N7O3S2.7Na/c1-17(2,3)13-12(20-21-15-19-16(23-35-15)34-6-7-37(26,27)28)14(18)24(22-13)10-8-9(38(29,30)31)4-5-11(10)36-33-32-25;1-17(2,3)13-12(14(18)24(22-13)11-7-5-4-6-8-11)20-21-15-19-16(23-29-15)28-9-10-30(25,26)27;16-13-12(9-17-22(13)10-3-5-11(6-4-10)32(26,27)28)19-20-14-18-15(21-30-14)29-7-1-2-8-31(23,24)25;1-9-11(12(15)21(19-9)7-8-26(22,23)24)17-18-14-16-13(20-25-14)10-5-3-2-4-6-10;;;;;;;/h4-5,8,25H,6-7,18H2,1-3H3,(H,26,27,28)(H,29,30,31);4-8H,9-10,18H2,1-3H3,(H,25,26,27);3-6,9H,1-2,7-8,16H2,(H,23,24,25)(H,26,27,28);2-6H,7-8,15H2,1H3,(H,22,23,24);;;;;;;/q;;;;7*+1/p-7. The van der Waals surface area contributed by atoms with Crippen molar-refractivity contribution in [2.75, 3.05) is 63.2 Å². The first-order valence-corrected chi connectivity index (χ1v) is 50.9. The predicted molar refractivity (Wildman–Crippen MR) is 458 cm³/mol. The first kappa shape index (κ1) is 126. The Kier molecular flexibility index (Phi) is 54.1. The number of unbranched alkanes of at least 4 members (excludes halogenated alkanes) is 1. The Hall–Kier alpha value is -2.70. The molecule has 0 radical (unpaired) electrons. The third-order valence-electron chi connectivity index (χ3n) is 15.4. The van der Waals surface area contributed by atoms with Crippen molar-refractivity contribution in [2.24, 2.45) is 40.9 Å². The molecule has 0 bridgehead atoms. The second kappa shape index (κ2) is 57.0. The number of aromatic nitrogens is 16. The Labute approximate surface area is 950 Å². The molecule has 8 aromatic heterocycles. The van der Waals surface area contributed by atoms with Crippen LogP contribution in [-0.2, 0) is 87.5 Å². The summed E-state index contributed by atoms with van der Waals surface area (Å²) in [6.45, 7) is 13.0. The van der Waals surface area contributed by atoms with Crippen molar-refractivity contribution in [1.82, 2.24) is 76.6 Å². The van der Waals surface area contributed by atoms with Crippen molar-refractivity contribution in [3.05, 3.63) is 126 Å². The molecule has 4 aromatic carbocycles. The fourth-order valence-electron chi connectivity index (χ4n) is 9.67. The van der Waals surface area contributed by atoms with E-state index in [0.29, 0.717) is 85.4 Å². The number of nitrogens with two attached hydrogens (primary N) is 4. The minimum Gasteiger partial charge on any atom is -0.748 e. The second-order valence-electron chi connectivity index (χ2n) is 26.9. The number of nitrogens with zero attached hydrogens (tertiary/aromatic N) is 24. The molecule has 0 aliphatic rings. The molecule has 49 nitrogen and oxygen atoms in total. The summed E-state index contributed by atoms with van der Waals surface area (Å²) in [5, 5.41) is 65.6. The molecule has 0 fully saturated rings. The van der Waals surface area contributed by atoms with Crippen LogP contribution in [0.15, 0.2) is 180 Å². The molecule has 0 unspecified atom stereocenters. The monoisotopic (exact) mass is 2160 g/mol. The van der Waals surface area contributed by atoms with Gasteiger partial charge in [-0.15, -0.1) is 40.9 Å². The van der Waals surface area contributed by atoms with Gasteiger partial charge in [0.1, 0.15) is 31.7 Å². The molecule has 0 atom stereocenters. The summed E-state index contributed by atoms with van der Waals surface area (Å²) in [5.41, 5.74) is 28.3. The van der Waals surface area contributed by atoms with Crippen molar-refractivity contribution in [3.8, 4) is 28.5 Å². The summed E-state index contributed by atoms with van der Waals surface area (Å²) in [5.74, 6) is -0.408. The van der Waals surface area contributed by atoms with Crippen LogP contribution in [0.2, 0.25) is 0 Å². The van der Waals surface area contributed by atoms with E-state index >= 15 is 0 Å². The molecule has 676 valence electrons. The SMILES string of the molecule is CC(C)(C)c1nn(-c2cc(S(=O)(=O)[O-])ccc2SOO[O-])c(N)c1N=Nc1nc(SCCS(=O)(=O)[O-])ns1.CC(C)(C)c1nn(-c2ccccc2)c(N)c1N=Nc1nc(SCCS(=O)(=O)[O-])ns1.Cc1nn(CCS(=O)(=O)[O-])c(N)c1N=Nc1nc(-c2ccccc2)ns1.Nc1c(N=Nc2nc(SCCCCS(=O)(=O)[O-])ns2)cnn1-c1ccc(S(=O)(=O)[O-])cc1.[Na+].[Na+].[Na+].[Na+].[Na+].[Na+].[Na+]. The second-order valence-corrected chi connectivity index (χ2v) is 42.6. The van der Waals surface area contributed by atoms with Crippen molar-refractivity contribution in [3.63, 3.8) is 0 Å². The van der Waals surface area contributed by atoms with Gasteiger partial charge in [0.05, 0.1) is 120 Å². The van der Waals surface area contributed by atoms with Gasteiger partial charge in [-0.05, 0) is 74.4 Å². The number of hydrogen-bond donors (Lipinski definition) is 4. The first-order chi connectivity index (χ1) is 59.0. The van der Waals surface area contributed by atoms with Gasteiger partial charge in [-0.2, -0.15) is 62.2 Å². The number of anilines is 4. The molecule has 0 saturated carbocycles. The largest absolute Gasteiger partial charge is 1.00 e. The van der Waals surface area contributed by atoms with Crippen LogP contribution < -0.4 is 235 Å². The number of hydrogen-bond acceptors (Lipinski definition) is 53. The van der Waals surface area contributed by atoms with E-state index in [-0.39, 0.29) is 302 Å². The number of benzene rings is 4. The molecule has 70 heteroatoms. The smallest absolute Gasteiger partial charge is 0.748 e. The Morgan fingerprint density at radius 3 is 1.32 bits per heavy atom. The van der Waals surface area contributed by atoms with E-state index in [9.17, 15) is 83.1 Å². The van der Waals surface area contributed by atoms with Gasteiger partial charge in [0.15, 0.2) is 40.3 Å². The number of thioether (sulfide) groups is 3. The summed E-state index contributed by atoms with van der Waals surface area (Å²) in [6.07, 6.45) is 2.16. The molecule has 8 N–H and O–H groups in total. The number of rotatable bonds is 34. The topological polar surface area (TPSA) is 762 Å². The van der Waals surface area contributed by atoms with Crippen LogP contribution in [0.3, 0.4) is 0 Å². The number of para-hydroxylation sites is 1. The summed E-state index contributed by atoms with van der Waals surface area (Å²) >= 11 is 7.73. The Balaban J connectivity index is 0.000000594. The van der Waals surface area contributed by atoms with E-state index in [0.717, 1.165) is 110 Å². The summed E-state index contributed by atoms with van der Waals surface area (Å²) in [4.78, 5) is 15.9. The molecular weight excluding hydrogens is 2090 g/mol. The van der Waals surface area contributed by atoms with Crippen LogP contribution in [0, 0.1) is 6.92 Å². The van der Waals surface area contributed by atoms with Crippen LogP contribution in [0.5, 0.6) is 0 Å². The number of azo groups is 4. The van der Waals surface area contributed by atoms with E-state index < -0.39 is 94.0 Å². The van der Waals surface area contributed by atoms with Gasteiger partial charge in [0.25, 0.3) is 0 Å². The third-order valence-corrected chi connectivity index (χ3v) is 26.5. The summed E-state index contributed by atoms with van der Waals surface area (Å²) < 4.78 is 222. The van der Waals surface area contributed by atoms with Crippen LogP contribution in [0.4, 0.5) is 66.5 Å². The maximum atomic E-state index is 11.6. The van der Waals surface area contributed by atoms with E-state index in [4.69, 9.17) is 22.9 Å². The molecule has 0 spiro atoms. The fourth-order valence-corrected chi connectivity index (χ4v) is 18.6. The average molecular weight is 2160 g/mol. The molecule has 12 aromatic rings. The Morgan fingerprint density at radius 1 is 0.436 bits per heavy atom. The first-order valence-electron chi connectivity index (χ1n) is 35.0. The van der Waals surface area contributed by atoms with Crippen LogP contribution in [0.1, 0.15) is 71.5 Å². The molecule has 0 aliphatic heterocycles. The Bertz CT molecular complexity index is 6670. The zero-order valence-corrected chi connectivity index (χ0v) is 98.2. The van der Waals surface area contributed by atoms with E-state index in [2.05, 4.69) is 108 Å². The molecule has 8 heterocycles. The zero-order chi connectivity index (χ0) is 92.3. The molecule has 12 rings (SSSR count). The number of aryl methyl sites for hydroxylation is 2. The molecule has 133 heavy (non-hydrogen) atoms. The van der Waals surface area contributed by atoms with E-state index in [1.807, 2.05) is 102 Å². The maximum Gasteiger partial charge on any atom is 1.00 e. The minimum absolute atomic E-state index is 0. The average Bonchev–Trinajstić information content (AvgIpc) is 1.59. The van der Waals surface area contributed by atoms with E-state index in [1.165, 1.54) is 45.5 Å². The van der Waals surface area contributed by atoms with Crippen molar-refractivity contribution in [2.45, 2.75) is 109 Å².